The third kappa shape index (κ3) is 6.79. The number of hydrogen-bond donors (Lipinski definition) is 2. The summed E-state index contributed by atoms with van der Waals surface area (Å²) >= 11 is 0. The van der Waals surface area contributed by atoms with Gasteiger partial charge in [-0.05, 0) is 82.5 Å². The van der Waals surface area contributed by atoms with Crippen molar-refractivity contribution in [1.82, 2.24) is 10.6 Å². The van der Waals surface area contributed by atoms with Crippen LogP contribution in [-0.2, 0) is 10.3 Å². The predicted molar refractivity (Wildman–Crippen MR) is 152 cm³/mol. The van der Waals surface area contributed by atoms with Gasteiger partial charge in [0.1, 0.15) is 17.8 Å². The second-order valence-corrected chi connectivity index (χ2v) is 11.7. The standard InChI is InChI=1S/C32H42N2O3/c1-29(2,3)33-22-31(23-35)20-9-10-24(19-21-31)32(34-30(4,5)6,25-11-15-27(36-7)16-12-25)26-13-17-28(37-8)18-14-26/h9-21,23,33-34H,22H2,1-8H3. The monoisotopic (exact) mass is 502 g/mol. The van der Waals surface area contributed by atoms with E-state index in [1.807, 2.05) is 42.5 Å². The lowest BCUT2D eigenvalue weighted by Gasteiger charge is -2.43. The lowest BCUT2D eigenvalue weighted by molar-refractivity contribution is -0.112. The van der Waals surface area contributed by atoms with E-state index < -0.39 is 11.0 Å². The van der Waals surface area contributed by atoms with Crippen LogP contribution >= 0.6 is 0 Å². The quantitative estimate of drug-likeness (QED) is 0.414. The molecular weight excluding hydrogens is 460 g/mol. The van der Waals surface area contributed by atoms with Crippen molar-refractivity contribution < 1.29 is 14.3 Å². The van der Waals surface area contributed by atoms with Crippen molar-refractivity contribution in [2.75, 3.05) is 20.8 Å². The molecule has 0 bridgehead atoms. The van der Waals surface area contributed by atoms with Gasteiger partial charge in [-0.3, -0.25) is 5.32 Å². The van der Waals surface area contributed by atoms with Crippen molar-refractivity contribution in [3.8, 4) is 11.5 Å². The summed E-state index contributed by atoms with van der Waals surface area (Å²) in [5.74, 6) is 1.59. The van der Waals surface area contributed by atoms with Gasteiger partial charge in [-0.25, -0.2) is 0 Å². The Kier molecular flexibility index (Phi) is 8.51. The summed E-state index contributed by atoms with van der Waals surface area (Å²) in [5.41, 5.74) is 1.32. The van der Waals surface area contributed by atoms with Crippen LogP contribution in [0, 0.1) is 5.41 Å². The molecular formula is C32H42N2O3. The first kappa shape index (κ1) is 28.4. The number of allylic oxidation sites excluding steroid dienone is 2. The molecule has 0 spiro atoms. The summed E-state index contributed by atoms with van der Waals surface area (Å²) in [7, 11) is 3.34. The van der Waals surface area contributed by atoms with Gasteiger partial charge in [0, 0.05) is 17.6 Å². The highest BCUT2D eigenvalue weighted by Crippen LogP contribution is 2.42. The molecule has 0 aromatic heterocycles. The Balaban J connectivity index is 2.24. The number of hydrogen-bond acceptors (Lipinski definition) is 5. The lowest BCUT2D eigenvalue weighted by Crippen LogP contribution is -2.53. The van der Waals surface area contributed by atoms with E-state index in [0.717, 1.165) is 34.5 Å². The third-order valence-corrected chi connectivity index (χ3v) is 6.44. The first-order valence-electron chi connectivity index (χ1n) is 12.8. The first-order chi connectivity index (χ1) is 17.4. The molecule has 1 atom stereocenters. The summed E-state index contributed by atoms with van der Waals surface area (Å²) in [6, 6.07) is 16.3. The van der Waals surface area contributed by atoms with E-state index in [9.17, 15) is 4.79 Å². The van der Waals surface area contributed by atoms with E-state index in [4.69, 9.17) is 9.47 Å². The fraction of sp³-hybridized carbons (Fsp3) is 0.406. The fourth-order valence-electron chi connectivity index (χ4n) is 4.55. The molecule has 0 heterocycles. The van der Waals surface area contributed by atoms with Crippen molar-refractivity contribution >= 4 is 6.29 Å². The molecule has 5 nitrogen and oxygen atoms in total. The number of nitrogens with one attached hydrogen (secondary N) is 2. The summed E-state index contributed by atoms with van der Waals surface area (Å²) in [6.45, 7) is 13.3. The molecule has 3 rings (SSSR count). The maximum Gasteiger partial charge on any atom is 0.135 e. The highest BCUT2D eigenvalue weighted by Gasteiger charge is 2.41. The Labute approximate surface area is 222 Å². The van der Waals surface area contributed by atoms with Crippen LogP contribution in [-0.4, -0.2) is 38.1 Å². The van der Waals surface area contributed by atoms with Crippen LogP contribution in [0.1, 0.15) is 52.7 Å². The normalized spacial score (nSPS) is 18.2. The smallest absolute Gasteiger partial charge is 0.135 e. The molecule has 2 aromatic rings. The number of carbonyl (C=O) groups excluding carboxylic acids is 1. The molecule has 1 aliphatic carbocycles. The van der Waals surface area contributed by atoms with Crippen molar-refractivity contribution in [2.24, 2.45) is 5.41 Å². The molecule has 5 heteroatoms. The molecule has 0 radical (unpaired) electrons. The van der Waals surface area contributed by atoms with Gasteiger partial charge in [0.05, 0.1) is 25.2 Å². The molecule has 0 aliphatic heterocycles. The van der Waals surface area contributed by atoms with Crippen molar-refractivity contribution in [3.63, 3.8) is 0 Å². The minimum Gasteiger partial charge on any atom is -0.497 e. The van der Waals surface area contributed by atoms with Crippen LogP contribution in [0.5, 0.6) is 11.5 Å². The van der Waals surface area contributed by atoms with E-state index in [1.54, 1.807) is 14.2 Å². The Morgan fingerprint density at radius 2 is 1.30 bits per heavy atom. The van der Waals surface area contributed by atoms with Gasteiger partial charge >= 0.3 is 0 Å². The number of rotatable bonds is 9. The van der Waals surface area contributed by atoms with E-state index in [0.29, 0.717) is 6.54 Å². The largest absolute Gasteiger partial charge is 0.497 e. The fourth-order valence-corrected chi connectivity index (χ4v) is 4.55. The predicted octanol–water partition coefficient (Wildman–Crippen LogP) is 5.96. The molecule has 2 aromatic carbocycles. The Hall–Kier alpha value is -3.15. The van der Waals surface area contributed by atoms with Crippen molar-refractivity contribution in [3.05, 3.63) is 95.6 Å². The topological polar surface area (TPSA) is 59.6 Å². The van der Waals surface area contributed by atoms with E-state index in [-0.39, 0.29) is 11.1 Å². The van der Waals surface area contributed by atoms with Crippen LogP contribution in [0.2, 0.25) is 0 Å². The second-order valence-electron chi connectivity index (χ2n) is 11.7. The molecule has 2 N–H and O–H groups in total. The molecule has 0 fully saturated rings. The molecule has 0 saturated carbocycles. The van der Waals surface area contributed by atoms with E-state index in [2.05, 4.69) is 88.6 Å². The van der Waals surface area contributed by atoms with Gasteiger partial charge in [-0.1, -0.05) is 54.6 Å². The lowest BCUT2D eigenvalue weighted by atomic mass is 9.74. The molecule has 1 unspecified atom stereocenters. The van der Waals surface area contributed by atoms with Gasteiger partial charge < -0.3 is 19.6 Å². The Bertz CT molecular complexity index is 1100. The first-order valence-corrected chi connectivity index (χ1v) is 12.8. The molecule has 198 valence electrons. The average Bonchev–Trinajstić information content (AvgIpc) is 3.09. The van der Waals surface area contributed by atoms with E-state index >= 15 is 0 Å². The van der Waals surface area contributed by atoms with Crippen molar-refractivity contribution in [2.45, 2.75) is 58.2 Å². The average molecular weight is 503 g/mol. The maximum absolute atomic E-state index is 12.4. The SMILES string of the molecule is COc1ccc(C(NC(C)(C)C)(C2=CC=CC(C=O)(CNC(C)(C)C)C=C2)c2ccc(OC)cc2)cc1. The van der Waals surface area contributed by atoms with Gasteiger partial charge in [0.2, 0.25) is 0 Å². The highest BCUT2D eigenvalue weighted by atomic mass is 16.5. The summed E-state index contributed by atoms with van der Waals surface area (Å²) in [6.07, 6.45) is 11.2. The Morgan fingerprint density at radius 1 is 0.784 bits per heavy atom. The maximum atomic E-state index is 12.4. The number of ether oxygens (including phenoxy) is 2. The minimum atomic E-state index is -0.751. The van der Waals surface area contributed by atoms with Gasteiger partial charge in [-0.2, -0.15) is 0 Å². The van der Waals surface area contributed by atoms with Crippen LogP contribution in [0.3, 0.4) is 0 Å². The molecule has 0 amide bonds. The zero-order valence-electron chi connectivity index (χ0n) is 23.5. The number of methoxy groups -OCH3 is 2. The molecule has 37 heavy (non-hydrogen) atoms. The van der Waals surface area contributed by atoms with Crippen LogP contribution < -0.4 is 20.1 Å². The number of aldehydes is 1. The Morgan fingerprint density at radius 3 is 1.70 bits per heavy atom. The van der Waals surface area contributed by atoms with Gasteiger partial charge in [0.15, 0.2) is 0 Å². The summed E-state index contributed by atoms with van der Waals surface area (Å²) < 4.78 is 10.9. The molecule has 1 aliphatic rings. The van der Waals surface area contributed by atoms with Crippen LogP contribution in [0.15, 0.2) is 84.5 Å². The summed E-state index contributed by atoms with van der Waals surface area (Å²) in [4.78, 5) is 12.4. The van der Waals surface area contributed by atoms with Crippen molar-refractivity contribution in [1.29, 1.82) is 0 Å². The molecule has 0 saturated heterocycles. The van der Waals surface area contributed by atoms with Gasteiger partial charge in [-0.15, -0.1) is 0 Å². The number of benzene rings is 2. The van der Waals surface area contributed by atoms with Gasteiger partial charge in [0.25, 0.3) is 0 Å². The highest BCUT2D eigenvalue weighted by molar-refractivity contribution is 5.69. The third-order valence-electron chi connectivity index (χ3n) is 6.44. The zero-order valence-corrected chi connectivity index (χ0v) is 23.5. The summed E-state index contributed by atoms with van der Waals surface area (Å²) in [5, 5.41) is 7.43. The van der Waals surface area contributed by atoms with Crippen LogP contribution in [0.25, 0.3) is 0 Å². The second kappa shape index (κ2) is 11.1. The number of carbonyl (C=O) groups is 1. The van der Waals surface area contributed by atoms with Crippen LogP contribution in [0.4, 0.5) is 0 Å². The minimum absolute atomic E-state index is 0.107. The van der Waals surface area contributed by atoms with E-state index in [1.165, 1.54) is 0 Å². The zero-order chi connectivity index (χ0) is 27.3.